The van der Waals surface area contributed by atoms with Gasteiger partial charge in [0, 0.05) is 39.5 Å². The second-order valence-electron chi connectivity index (χ2n) is 4.30. The van der Waals surface area contributed by atoms with Crippen LogP contribution < -0.4 is 5.32 Å². The summed E-state index contributed by atoms with van der Waals surface area (Å²) in [6.45, 7) is 8.08. The molecular weight excluding hydrogens is 260 g/mol. The summed E-state index contributed by atoms with van der Waals surface area (Å²) in [5, 5.41) is 8.42. The molecule has 0 saturated heterocycles. The molecule has 5 nitrogen and oxygen atoms in total. The van der Waals surface area contributed by atoms with Crippen LogP contribution in [-0.4, -0.2) is 46.6 Å². The molecule has 1 aromatic rings. The molecule has 0 saturated carbocycles. The molecule has 1 rings (SSSR count). The SMILES string of the molecule is CCOCCCNC(=S)N(C)Cc1ccn(CC)n1. The van der Waals surface area contributed by atoms with Crippen LogP contribution in [0.5, 0.6) is 0 Å². The van der Waals surface area contributed by atoms with Crippen LogP contribution in [-0.2, 0) is 17.8 Å². The van der Waals surface area contributed by atoms with E-state index in [4.69, 9.17) is 17.0 Å². The third-order valence-corrected chi connectivity index (χ3v) is 3.17. The van der Waals surface area contributed by atoms with Gasteiger partial charge in [0.2, 0.25) is 0 Å². The highest BCUT2D eigenvalue weighted by Gasteiger charge is 2.06. The fourth-order valence-corrected chi connectivity index (χ4v) is 1.79. The number of hydrogen-bond donors (Lipinski definition) is 1. The zero-order valence-corrected chi connectivity index (χ0v) is 12.9. The first-order chi connectivity index (χ1) is 9.17. The molecule has 0 fully saturated rings. The van der Waals surface area contributed by atoms with Crippen LogP contribution in [0.25, 0.3) is 0 Å². The van der Waals surface area contributed by atoms with E-state index in [1.54, 1.807) is 0 Å². The number of thiocarbonyl (C=S) groups is 1. The van der Waals surface area contributed by atoms with Gasteiger partial charge in [-0.25, -0.2) is 0 Å². The van der Waals surface area contributed by atoms with E-state index >= 15 is 0 Å². The lowest BCUT2D eigenvalue weighted by atomic mass is 10.4. The van der Waals surface area contributed by atoms with Crippen molar-refractivity contribution in [3.05, 3.63) is 18.0 Å². The highest BCUT2D eigenvalue weighted by molar-refractivity contribution is 7.80. The van der Waals surface area contributed by atoms with Crippen molar-refractivity contribution in [2.24, 2.45) is 0 Å². The summed E-state index contributed by atoms with van der Waals surface area (Å²) in [7, 11) is 1.98. The van der Waals surface area contributed by atoms with Crippen molar-refractivity contribution < 1.29 is 4.74 Å². The van der Waals surface area contributed by atoms with Gasteiger partial charge in [-0.2, -0.15) is 5.10 Å². The lowest BCUT2D eigenvalue weighted by Crippen LogP contribution is -2.37. The second kappa shape index (κ2) is 8.87. The van der Waals surface area contributed by atoms with E-state index in [0.29, 0.717) is 0 Å². The maximum absolute atomic E-state index is 5.33. The molecule has 1 heterocycles. The Morgan fingerprint density at radius 1 is 1.53 bits per heavy atom. The van der Waals surface area contributed by atoms with Gasteiger partial charge in [-0.3, -0.25) is 4.68 Å². The Balaban J connectivity index is 2.24. The Morgan fingerprint density at radius 2 is 2.32 bits per heavy atom. The monoisotopic (exact) mass is 284 g/mol. The molecule has 0 bridgehead atoms. The predicted octanol–water partition coefficient (Wildman–Crippen LogP) is 1.64. The first-order valence-corrected chi connectivity index (χ1v) is 7.17. The lowest BCUT2D eigenvalue weighted by Gasteiger charge is -2.20. The summed E-state index contributed by atoms with van der Waals surface area (Å²) in [5.74, 6) is 0. The quantitative estimate of drug-likeness (QED) is 0.580. The third-order valence-electron chi connectivity index (χ3n) is 2.71. The van der Waals surface area contributed by atoms with Crippen LogP contribution in [0.2, 0.25) is 0 Å². The molecule has 1 N–H and O–H groups in total. The highest BCUT2D eigenvalue weighted by atomic mass is 32.1. The number of nitrogens with one attached hydrogen (secondary N) is 1. The van der Waals surface area contributed by atoms with Gasteiger partial charge in [0.05, 0.1) is 12.2 Å². The van der Waals surface area contributed by atoms with Crippen molar-refractivity contribution in [2.75, 3.05) is 26.8 Å². The van der Waals surface area contributed by atoms with E-state index in [1.165, 1.54) is 0 Å². The summed E-state index contributed by atoms with van der Waals surface area (Å²) < 4.78 is 7.20. The van der Waals surface area contributed by atoms with Crippen molar-refractivity contribution in [3.63, 3.8) is 0 Å². The summed E-state index contributed by atoms with van der Waals surface area (Å²) >= 11 is 5.33. The molecule has 19 heavy (non-hydrogen) atoms. The summed E-state index contributed by atoms with van der Waals surface area (Å²) in [4.78, 5) is 2.00. The Bertz CT molecular complexity index is 380. The Labute approximate surface area is 120 Å². The van der Waals surface area contributed by atoms with Gasteiger partial charge < -0.3 is 15.0 Å². The van der Waals surface area contributed by atoms with Crippen LogP contribution >= 0.6 is 12.2 Å². The van der Waals surface area contributed by atoms with E-state index in [1.807, 2.05) is 35.8 Å². The average molecular weight is 284 g/mol. The Morgan fingerprint density at radius 3 is 2.95 bits per heavy atom. The molecule has 0 aliphatic heterocycles. The topological polar surface area (TPSA) is 42.3 Å². The molecule has 108 valence electrons. The van der Waals surface area contributed by atoms with Crippen LogP contribution in [0.3, 0.4) is 0 Å². The molecule has 0 unspecified atom stereocenters. The first-order valence-electron chi connectivity index (χ1n) is 6.76. The van der Waals surface area contributed by atoms with Gasteiger partial charge in [-0.1, -0.05) is 0 Å². The first kappa shape index (κ1) is 15.9. The largest absolute Gasteiger partial charge is 0.382 e. The molecule has 0 radical (unpaired) electrons. The van der Waals surface area contributed by atoms with Gasteiger partial charge in [0.15, 0.2) is 5.11 Å². The number of nitrogens with zero attached hydrogens (tertiary/aromatic N) is 3. The van der Waals surface area contributed by atoms with Crippen molar-refractivity contribution in [1.29, 1.82) is 0 Å². The summed E-state index contributed by atoms with van der Waals surface area (Å²) in [6.07, 6.45) is 2.95. The zero-order valence-electron chi connectivity index (χ0n) is 12.1. The molecule has 0 aromatic carbocycles. The Hall–Kier alpha value is -1.14. The number of aromatic nitrogens is 2. The second-order valence-corrected chi connectivity index (χ2v) is 4.69. The fourth-order valence-electron chi connectivity index (χ4n) is 1.63. The van der Waals surface area contributed by atoms with Crippen LogP contribution in [0.4, 0.5) is 0 Å². The van der Waals surface area contributed by atoms with Gasteiger partial charge >= 0.3 is 0 Å². The average Bonchev–Trinajstić information content (AvgIpc) is 2.85. The van der Waals surface area contributed by atoms with Crippen LogP contribution in [0, 0.1) is 0 Å². The Kier molecular flexibility index (Phi) is 7.43. The number of hydrogen-bond acceptors (Lipinski definition) is 3. The van der Waals surface area contributed by atoms with Crippen molar-refractivity contribution in [1.82, 2.24) is 20.0 Å². The maximum Gasteiger partial charge on any atom is 0.169 e. The minimum atomic E-state index is 0.726. The van der Waals surface area contributed by atoms with E-state index < -0.39 is 0 Å². The van der Waals surface area contributed by atoms with E-state index in [-0.39, 0.29) is 0 Å². The van der Waals surface area contributed by atoms with E-state index in [0.717, 1.165) is 50.1 Å². The van der Waals surface area contributed by atoms with E-state index in [9.17, 15) is 0 Å². The zero-order chi connectivity index (χ0) is 14.1. The molecule has 0 aliphatic carbocycles. The number of rotatable bonds is 8. The van der Waals surface area contributed by atoms with Gasteiger partial charge in [-0.05, 0) is 38.6 Å². The van der Waals surface area contributed by atoms with Crippen molar-refractivity contribution in [2.45, 2.75) is 33.4 Å². The molecule has 0 atom stereocenters. The summed E-state index contributed by atoms with van der Waals surface area (Å²) in [6, 6.07) is 2.03. The minimum absolute atomic E-state index is 0.726. The summed E-state index contributed by atoms with van der Waals surface area (Å²) in [5.41, 5.74) is 1.03. The van der Waals surface area contributed by atoms with Crippen molar-refractivity contribution in [3.8, 4) is 0 Å². The smallest absolute Gasteiger partial charge is 0.169 e. The standard InChI is InChI=1S/C13H24N4OS/c1-4-17-9-7-12(15-17)11-16(3)13(19)14-8-6-10-18-5-2/h7,9H,4-6,8,10-11H2,1-3H3,(H,14,19). The lowest BCUT2D eigenvalue weighted by molar-refractivity contribution is 0.145. The predicted molar refractivity (Wildman–Crippen MR) is 81.1 cm³/mol. The van der Waals surface area contributed by atoms with Crippen LogP contribution in [0.1, 0.15) is 26.0 Å². The molecular formula is C13H24N4OS. The molecule has 6 heteroatoms. The third kappa shape index (κ3) is 6.02. The van der Waals surface area contributed by atoms with E-state index in [2.05, 4.69) is 17.3 Å². The van der Waals surface area contributed by atoms with Gasteiger partial charge in [-0.15, -0.1) is 0 Å². The number of ether oxygens (including phenoxy) is 1. The molecule has 0 amide bonds. The normalized spacial score (nSPS) is 10.5. The van der Waals surface area contributed by atoms with Gasteiger partial charge in [0.25, 0.3) is 0 Å². The maximum atomic E-state index is 5.33. The fraction of sp³-hybridized carbons (Fsp3) is 0.692. The van der Waals surface area contributed by atoms with Crippen LogP contribution in [0.15, 0.2) is 12.3 Å². The molecule has 0 aliphatic rings. The minimum Gasteiger partial charge on any atom is -0.382 e. The molecule has 1 aromatic heterocycles. The number of aryl methyl sites for hydroxylation is 1. The highest BCUT2D eigenvalue weighted by Crippen LogP contribution is 2.00. The van der Waals surface area contributed by atoms with Gasteiger partial charge in [0.1, 0.15) is 0 Å². The molecule has 0 spiro atoms. The van der Waals surface area contributed by atoms with Crippen molar-refractivity contribution >= 4 is 17.3 Å².